The van der Waals surface area contributed by atoms with Gasteiger partial charge in [-0.25, -0.2) is 13.4 Å². The second-order valence-electron chi connectivity index (χ2n) is 6.22. The first kappa shape index (κ1) is 19.4. The number of aryl methyl sites for hydroxylation is 1. The van der Waals surface area contributed by atoms with Crippen LogP contribution in [0.3, 0.4) is 0 Å². The molecule has 28 heavy (non-hydrogen) atoms. The molecule has 0 bridgehead atoms. The Kier molecular flexibility index (Phi) is 6.25. The number of nitrogens with one attached hydrogen (secondary N) is 2. The average Bonchev–Trinajstić information content (AvgIpc) is 2.70. The van der Waals surface area contributed by atoms with Crippen molar-refractivity contribution in [3.8, 4) is 6.07 Å². The van der Waals surface area contributed by atoms with Gasteiger partial charge in [-0.2, -0.15) is 5.26 Å². The van der Waals surface area contributed by atoms with Crippen LogP contribution in [-0.4, -0.2) is 19.2 Å². The van der Waals surface area contributed by atoms with E-state index in [1.807, 2.05) is 36.4 Å². The van der Waals surface area contributed by atoms with Gasteiger partial charge >= 0.3 is 0 Å². The molecule has 0 aliphatic rings. The molecule has 6 nitrogen and oxygen atoms in total. The van der Waals surface area contributed by atoms with E-state index in [-0.39, 0.29) is 5.75 Å². The molecule has 0 saturated heterocycles. The van der Waals surface area contributed by atoms with Crippen LogP contribution in [0.15, 0.2) is 72.9 Å². The molecule has 0 aliphatic heterocycles. The summed E-state index contributed by atoms with van der Waals surface area (Å²) in [5.41, 5.74) is 2.67. The quantitative estimate of drug-likeness (QED) is 0.602. The first-order chi connectivity index (χ1) is 13.6. The molecular formula is C21H20N4O2S. The highest BCUT2D eigenvalue weighted by molar-refractivity contribution is 7.92. The standard InChI is InChI=1S/C21H20N4O2S/c22-15-18-10-4-5-11-20(18)24-21-13-12-19(16-23-21)25-28(26,27)14-6-9-17-7-2-1-3-8-17/h1-5,7-8,10-13,16,25H,6,9,14H2,(H,23,24). The number of anilines is 3. The van der Waals surface area contributed by atoms with E-state index < -0.39 is 10.0 Å². The van der Waals surface area contributed by atoms with Crippen molar-refractivity contribution in [1.29, 1.82) is 5.26 Å². The molecule has 0 unspecified atom stereocenters. The third-order valence-electron chi connectivity index (χ3n) is 4.07. The summed E-state index contributed by atoms with van der Waals surface area (Å²) in [5.74, 6) is 0.562. The van der Waals surface area contributed by atoms with E-state index in [4.69, 9.17) is 5.26 Å². The van der Waals surface area contributed by atoms with Crippen LogP contribution in [0.25, 0.3) is 0 Å². The average molecular weight is 392 g/mol. The monoisotopic (exact) mass is 392 g/mol. The SMILES string of the molecule is N#Cc1ccccc1Nc1ccc(NS(=O)(=O)CCCc2ccccc2)cn1. The minimum atomic E-state index is -3.44. The third-order valence-corrected chi connectivity index (χ3v) is 5.44. The normalized spacial score (nSPS) is 10.8. The number of rotatable bonds is 8. The largest absolute Gasteiger partial charge is 0.339 e. The summed E-state index contributed by atoms with van der Waals surface area (Å²) in [5, 5.41) is 12.2. The number of para-hydroxylation sites is 1. The number of nitrogens with zero attached hydrogens (tertiary/aromatic N) is 2. The third kappa shape index (κ3) is 5.56. The molecule has 142 valence electrons. The molecule has 0 atom stereocenters. The maximum absolute atomic E-state index is 12.3. The van der Waals surface area contributed by atoms with Gasteiger partial charge in [-0.15, -0.1) is 0 Å². The Balaban J connectivity index is 1.56. The molecular weight excluding hydrogens is 372 g/mol. The minimum Gasteiger partial charge on any atom is -0.339 e. The van der Waals surface area contributed by atoms with Crippen LogP contribution >= 0.6 is 0 Å². The van der Waals surface area contributed by atoms with Gasteiger partial charge < -0.3 is 5.32 Å². The number of hydrogen-bond acceptors (Lipinski definition) is 5. The molecule has 0 fully saturated rings. The zero-order valence-electron chi connectivity index (χ0n) is 15.2. The highest BCUT2D eigenvalue weighted by Gasteiger charge is 2.11. The number of benzene rings is 2. The van der Waals surface area contributed by atoms with Gasteiger partial charge in [-0.1, -0.05) is 42.5 Å². The lowest BCUT2D eigenvalue weighted by Crippen LogP contribution is -2.17. The molecule has 1 heterocycles. The van der Waals surface area contributed by atoms with Crippen LogP contribution in [0, 0.1) is 11.3 Å². The van der Waals surface area contributed by atoms with Crippen molar-refractivity contribution in [2.24, 2.45) is 0 Å². The van der Waals surface area contributed by atoms with Crippen molar-refractivity contribution in [3.63, 3.8) is 0 Å². The summed E-state index contributed by atoms with van der Waals surface area (Å²) in [6.07, 6.45) is 2.70. The van der Waals surface area contributed by atoms with E-state index in [1.165, 1.54) is 6.20 Å². The van der Waals surface area contributed by atoms with E-state index in [2.05, 4.69) is 21.1 Å². The van der Waals surface area contributed by atoms with Crippen LogP contribution < -0.4 is 10.0 Å². The van der Waals surface area contributed by atoms with Crippen molar-refractivity contribution >= 4 is 27.2 Å². The van der Waals surface area contributed by atoms with Crippen LogP contribution in [-0.2, 0) is 16.4 Å². The fourth-order valence-corrected chi connectivity index (χ4v) is 3.80. The van der Waals surface area contributed by atoms with E-state index >= 15 is 0 Å². The molecule has 7 heteroatoms. The van der Waals surface area contributed by atoms with Gasteiger partial charge in [-0.3, -0.25) is 4.72 Å². The summed E-state index contributed by atoms with van der Waals surface area (Å²) >= 11 is 0. The summed E-state index contributed by atoms with van der Waals surface area (Å²) < 4.78 is 27.1. The second-order valence-corrected chi connectivity index (χ2v) is 8.07. The maximum Gasteiger partial charge on any atom is 0.232 e. The number of sulfonamides is 1. The first-order valence-electron chi connectivity index (χ1n) is 8.82. The summed E-state index contributed by atoms with van der Waals surface area (Å²) in [7, 11) is -3.44. The molecule has 0 spiro atoms. The van der Waals surface area contributed by atoms with Crippen molar-refractivity contribution in [2.45, 2.75) is 12.8 Å². The second kappa shape index (κ2) is 9.02. The maximum atomic E-state index is 12.3. The van der Waals surface area contributed by atoms with E-state index in [0.717, 1.165) is 5.56 Å². The number of hydrogen-bond donors (Lipinski definition) is 2. The first-order valence-corrected chi connectivity index (χ1v) is 10.5. The Labute approximate surface area is 164 Å². The molecule has 0 aliphatic carbocycles. The molecule has 2 N–H and O–H groups in total. The van der Waals surface area contributed by atoms with Crippen LogP contribution in [0.4, 0.5) is 17.2 Å². The number of pyridine rings is 1. The zero-order chi connectivity index (χ0) is 19.8. The molecule has 3 aromatic rings. The molecule has 1 aromatic heterocycles. The Morgan fingerprint density at radius 3 is 2.43 bits per heavy atom. The van der Waals surface area contributed by atoms with Crippen LogP contribution in [0.1, 0.15) is 17.5 Å². The van der Waals surface area contributed by atoms with Crippen molar-refractivity contribution in [3.05, 3.63) is 84.1 Å². The zero-order valence-corrected chi connectivity index (χ0v) is 16.0. The minimum absolute atomic E-state index is 0.0391. The van der Waals surface area contributed by atoms with E-state index in [9.17, 15) is 8.42 Å². The fourth-order valence-electron chi connectivity index (χ4n) is 2.70. The highest BCUT2D eigenvalue weighted by Crippen LogP contribution is 2.20. The Morgan fingerprint density at radius 2 is 1.71 bits per heavy atom. The molecule has 0 saturated carbocycles. The van der Waals surface area contributed by atoms with Gasteiger partial charge in [0.2, 0.25) is 10.0 Å². The van der Waals surface area contributed by atoms with Gasteiger partial charge in [0.05, 0.1) is 28.9 Å². The van der Waals surface area contributed by atoms with E-state index in [1.54, 1.807) is 30.3 Å². The van der Waals surface area contributed by atoms with Crippen molar-refractivity contribution in [1.82, 2.24) is 4.98 Å². The lowest BCUT2D eigenvalue weighted by atomic mass is 10.1. The summed E-state index contributed by atoms with van der Waals surface area (Å²) in [6, 6.07) is 22.3. The van der Waals surface area contributed by atoms with Gasteiger partial charge in [0.1, 0.15) is 11.9 Å². The number of aromatic nitrogens is 1. The van der Waals surface area contributed by atoms with Gasteiger partial charge in [0, 0.05) is 0 Å². The smallest absolute Gasteiger partial charge is 0.232 e. The van der Waals surface area contributed by atoms with Gasteiger partial charge in [-0.05, 0) is 42.7 Å². The molecule has 0 radical (unpaired) electrons. The summed E-state index contributed by atoms with van der Waals surface area (Å²) in [6.45, 7) is 0. The van der Waals surface area contributed by atoms with Crippen molar-refractivity contribution < 1.29 is 8.42 Å². The molecule has 0 amide bonds. The predicted octanol–water partition coefficient (Wildman–Crippen LogP) is 4.07. The van der Waals surface area contributed by atoms with Gasteiger partial charge in [0.25, 0.3) is 0 Å². The lowest BCUT2D eigenvalue weighted by molar-refractivity contribution is 0.598. The summed E-state index contributed by atoms with van der Waals surface area (Å²) in [4.78, 5) is 4.21. The van der Waals surface area contributed by atoms with Crippen molar-refractivity contribution in [2.75, 3.05) is 15.8 Å². The topological polar surface area (TPSA) is 94.9 Å². The van der Waals surface area contributed by atoms with Crippen LogP contribution in [0.2, 0.25) is 0 Å². The highest BCUT2D eigenvalue weighted by atomic mass is 32.2. The van der Waals surface area contributed by atoms with Crippen LogP contribution in [0.5, 0.6) is 0 Å². The molecule has 2 aromatic carbocycles. The Morgan fingerprint density at radius 1 is 0.964 bits per heavy atom. The Hall–Kier alpha value is -3.37. The molecule has 3 rings (SSSR count). The van der Waals surface area contributed by atoms with Gasteiger partial charge in [0.15, 0.2) is 0 Å². The number of nitriles is 1. The van der Waals surface area contributed by atoms with E-state index in [0.29, 0.717) is 35.6 Å². The lowest BCUT2D eigenvalue weighted by Gasteiger charge is -2.10. The Bertz CT molecular complexity index is 1060. The predicted molar refractivity (Wildman–Crippen MR) is 111 cm³/mol. The fraction of sp³-hybridized carbons (Fsp3) is 0.143.